The molecule has 0 aromatic carbocycles. The van der Waals surface area contributed by atoms with Crippen LogP contribution in [0, 0.1) is 6.92 Å². The van der Waals surface area contributed by atoms with E-state index in [2.05, 4.69) is 51.6 Å². The van der Waals surface area contributed by atoms with Gasteiger partial charge in [-0.1, -0.05) is 25.2 Å². The van der Waals surface area contributed by atoms with Crippen LogP contribution in [-0.2, 0) is 13.1 Å². The Hall–Kier alpha value is -1.27. The lowest BCUT2D eigenvalue weighted by atomic mass is 10.2. The zero-order chi connectivity index (χ0) is 14.8. The van der Waals surface area contributed by atoms with Crippen LogP contribution in [0.3, 0.4) is 0 Å². The zero-order valence-corrected chi connectivity index (χ0v) is 13.8. The Labute approximate surface area is 130 Å². The molecule has 0 radical (unpaired) electrons. The Kier molecular flexibility index (Phi) is 4.35. The number of hydrogen-bond acceptors (Lipinski definition) is 5. The highest BCUT2D eigenvalue weighted by atomic mass is 32.1. The molecule has 2 aromatic rings. The van der Waals surface area contributed by atoms with Gasteiger partial charge in [0.25, 0.3) is 0 Å². The van der Waals surface area contributed by atoms with Gasteiger partial charge in [0.2, 0.25) is 0 Å². The standard InChI is InChI=1S/C15H23N5S/c1-11(2)15-18-17-14(21-15)10-20-7-4-5-13(20)9-19-8-6-16-12(19)3/h6,8,11,13H,4-5,7,9-10H2,1-3H3. The summed E-state index contributed by atoms with van der Waals surface area (Å²) in [6, 6.07) is 0.587. The number of imidazole rings is 1. The molecule has 1 atom stereocenters. The van der Waals surface area contributed by atoms with Crippen LogP contribution >= 0.6 is 11.3 Å². The topological polar surface area (TPSA) is 46.8 Å². The zero-order valence-electron chi connectivity index (χ0n) is 13.0. The predicted molar refractivity (Wildman–Crippen MR) is 84.4 cm³/mol. The summed E-state index contributed by atoms with van der Waals surface area (Å²) in [7, 11) is 0. The first kappa shape index (κ1) is 14.7. The van der Waals surface area contributed by atoms with E-state index in [-0.39, 0.29) is 0 Å². The first-order chi connectivity index (χ1) is 10.1. The lowest BCUT2D eigenvalue weighted by molar-refractivity contribution is 0.222. The molecule has 21 heavy (non-hydrogen) atoms. The van der Waals surface area contributed by atoms with Crippen molar-refractivity contribution in [3.63, 3.8) is 0 Å². The molecule has 0 aliphatic carbocycles. The number of aryl methyl sites for hydroxylation is 1. The molecule has 0 saturated carbocycles. The maximum atomic E-state index is 4.36. The molecule has 1 aliphatic heterocycles. The number of nitrogens with zero attached hydrogens (tertiary/aromatic N) is 5. The number of rotatable bonds is 5. The van der Waals surface area contributed by atoms with Gasteiger partial charge < -0.3 is 4.57 Å². The summed E-state index contributed by atoms with van der Waals surface area (Å²) >= 11 is 1.76. The fourth-order valence-electron chi connectivity index (χ4n) is 2.87. The van der Waals surface area contributed by atoms with Gasteiger partial charge in [-0.3, -0.25) is 4.90 Å². The molecule has 0 N–H and O–H groups in total. The van der Waals surface area contributed by atoms with Gasteiger partial charge in [-0.05, 0) is 26.3 Å². The van der Waals surface area contributed by atoms with Gasteiger partial charge in [0.1, 0.15) is 15.8 Å². The molecular weight excluding hydrogens is 282 g/mol. The molecule has 6 heteroatoms. The van der Waals surface area contributed by atoms with E-state index in [1.165, 1.54) is 12.8 Å². The molecule has 0 spiro atoms. The summed E-state index contributed by atoms with van der Waals surface area (Å²) in [5.74, 6) is 1.57. The normalized spacial score (nSPS) is 19.7. The monoisotopic (exact) mass is 305 g/mol. The van der Waals surface area contributed by atoms with Gasteiger partial charge in [0.15, 0.2) is 0 Å². The van der Waals surface area contributed by atoms with Crippen LogP contribution in [-0.4, -0.2) is 37.2 Å². The van der Waals surface area contributed by atoms with Crippen LogP contribution in [0.15, 0.2) is 12.4 Å². The summed E-state index contributed by atoms with van der Waals surface area (Å²) in [6.45, 7) is 9.54. The van der Waals surface area contributed by atoms with Crippen molar-refractivity contribution in [2.24, 2.45) is 0 Å². The highest BCUT2D eigenvalue weighted by molar-refractivity contribution is 7.11. The minimum atomic E-state index is 0.472. The van der Waals surface area contributed by atoms with Crippen molar-refractivity contribution in [1.29, 1.82) is 0 Å². The van der Waals surface area contributed by atoms with Crippen molar-refractivity contribution in [1.82, 2.24) is 24.6 Å². The minimum absolute atomic E-state index is 0.472. The largest absolute Gasteiger partial charge is 0.334 e. The Bertz CT molecular complexity index is 588. The Morgan fingerprint density at radius 1 is 1.38 bits per heavy atom. The van der Waals surface area contributed by atoms with Crippen LogP contribution in [0.2, 0.25) is 0 Å². The quantitative estimate of drug-likeness (QED) is 0.852. The highest BCUT2D eigenvalue weighted by Crippen LogP contribution is 2.25. The van der Waals surface area contributed by atoms with Crippen molar-refractivity contribution in [3.8, 4) is 0 Å². The summed E-state index contributed by atoms with van der Waals surface area (Å²) in [5.41, 5.74) is 0. The molecule has 1 aliphatic rings. The average molecular weight is 305 g/mol. The maximum Gasteiger partial charge on any atom is 0.131 e. The van der Waals surface area contributed by atoms with Gasteiger partial charge >= 0.3 is 0 Å². The highest BCUT2D eigenvalue weighted by Gasteiger charge is 2.26. The summed E-state index contributed by atoms with van der Waals surface area (Å²) < 4.78 is 2.25. The van der Waals surface area contributed by atoms with Crippen LogP contribution in [0.5, 0.6) is 0 Å². The van der Waals surface area contributed by atoms with E-state index in [1.54, 1.807) is 11.3 Å². The smallest absolute Gasteiger partial charge is 0.131 e. The van der Waals surface area contributed by atoms with E-state index in [4.69, 9.17) is 0 Å². The van der Waals surface area contributed by atoms with E-state index in [9.17, 15) is 0 Å². The van der Waals surface area contributed by atoms with Gasteiger partial charge in [0.05, 0.1) is 6.54 Å². The lowest BCUT2D eigenvalue weighted by Crippen LogP contribution is -2.32. The van der Waals surface area contributed by atoms with Crippen LogP contribution in [0.1, 0.15) is 48.4 Å². The van der Waals surface area contributed by atoms with Crippen molar-refractivity contribution in [3.05, 3.63) is 28.2 Å². The maximum absolute atomic E-state index is 4.36. The van der Waals surface area contributed by atoms with E-state index in [0.717, 1.165) is 35.5 Å². The van der Waals surface area contributed by atoms with Crippen molar-refractivity contribution in [2.75, 3.05) is 6.54 Å². The molecule has 3 heterocycles. The van der Waals surface area contributed by atoms with E-state index >= 15 is 0 Å². The second-order valence-electron chi connectivity index (χ2n) is 6.08. The molecule has 1 unspecified atom stereocenters. The Morgan fingerprint density at radius 2 is 2.24 bits per heavy atom. The van der Waals surface area contributed by atoms with Crippen molar-refractivity contribution in [2.45, 2.75) is 58.7 Å². The number of hydrogen-bond donors (Lipinski definition) is 0. The van der Waals surface area contributed by atoms with Crippen molar-refractivity contribution < 1.29 is 0 Å². The second-order valence-corrected chi connectivity index (χ2v) is 7.18. The number of likely N-dealkylation sites (tertiary alicyclic amines) is 1. The summed E-state index contributed by atoms with van der Waals surface area (Å²) in [4.78, 5) is 6.86. The lowest BCUT2D eigenvalue weighted by Gasteiger charge is -2.24. The number of aromatic nitrogens is 4. The molecule has 1 fully saturated rings. The summed E-state index contributed by atoms with van der Waals surface area (Å²) in [5, 5.41) is 10.9. The molecular formula is C15H23N5S. The summed E-state index contributed by atoms with van der Waals surface area (Å²) in [6.07, 6.45) is 6.49. The van der Waals surface area contributed by atoms with Gasteiger partial charge in [-0.15, -0.1) is 10.2 Å². The van der Waals surface area contributed by atoms with E-state index in [1.807, 2.05) is 6.20 Å². The average Bonchev–Trinajstić information content (AvgIpc) is 3.15. The molecule has 5 nitrogen and oxygen atoms in total. The second kappa shape index (κ2) is 6.23. The minimum Gasteiger partial charge on any atom is -0.334 e. The third-order valence-corrected chi connectivity index (χ3v) is 5.35. The SMILES string of the molecule is Cc1nccn1CC1CCCN1Cc1nnc(C(C)C)s1. The molecule has 2 aromatic heterocycles. The van der Waals surface area contributed by atoms with Gasteiger partial charge in [-0.2, -0.15) is 0 Å². The Balaban J connectivity index is 1.65. The van der Waals surface area contributed by atoms with Crippen molar-refractivity contribution >= 4 is 11.3 Å². The van der Waals surface area contributed by atoms with Crippen LogP contribution in [0.25, 0.3) is 0 Å². The molecule has 3 rings (SSSR count). The molecule has 0 amide bonds. The predicted octanol–water partition coefficient (Wildman–Crippen LogP) is 2.83. The van der Waals surface area contributed by atoms with Crippen LogP contribution < -0.4 is 0 Å². The van der Waals surface area contributed by atoms with Crippen LogP contribution in [0.4, 0.5) is 0 Å². The molecule has 1 saturated heterocycles. The van der Waals surface area contributed by atoms with E-state index < -0.39 is 0 Å². The van der Waals surface area contributed by atoms with Gasteiger partial charge in [-0.25, -0.2) is 4.98 Å². The fraction of sp³-hybridized carbons (Fsp3) is 0.667. The fourth-order valence-corrected chi connectivity index (χ4v) is 3.74. The molecule has 0 bridgehead atoms. The molecule has 114 valence electrons. The van der Waals surface area contributed by atoms with E-state index in [0.29, 0.717) is 12.0 Å². The third-order valence-electron chi connectivity index (χ3n) is 4.14. The first-order valence-corrected chi connectivity index (χ1v) is 8.49. The third kappa shape index (κ3) is 3.32. The van der Waals surface area contributed by atoms with Gasteiger partial charge in [0, 0.05) is 30.9 Å². The Morgan fingerprint density at radius 3 is 2.90 bits per heavy atom. The first-order valence-electron chi connectivity index (χ1n) is 7.67.